The fourth-order valence-electron chi connectivity index (χ4n) is 3.16. The van der Waals surface area contributed by atoms with Crippen molar-refractivity contribution in [3.05, 3.63) is 71.8 Å². The highest BCUT2D eigenvalue weighted by Crippen LogP contribution is 2.06. The van der Waals surface area contributed by atoms with Crippen molar-refractivity contribution in [3.8, 4) is 0 Å². The zero-order valence-corrected chi connectivity index (χ0v) is 17.8. The molecule has 0 aliphatic carbocycles. The highest BCUT2D eigenvalue weighted by molar-refractivity contribution is 5.76. The van der Waals surface area contributed by atoms with Gasteiger partial charge in [0, 0.05) is 13.1 Å². The second-order valence-electron chi connectivity index (χ2n) is 6.90. The second-order valence-corrected chi connectivity index (χ2v) is 6.90. The van der Waals surface area contributed by atoms with Crippen LogP contribution in [0.25, 0.3) is 0 Å². The van der Waals surface area contributed by atoms with Gasteiger partial charge in [-0.1, -0.05) is 60.7 Å². The van der Waals surface area contributed by atoms with E-state index >= 15 is 0 Å². The molecule has 0 aliphatic rings. The Kier molecular flexibility index (Phi) is 10.6. The van der Waals surface area contributed by atoms with Crippen molar-refractivity contribution < 1.29 is 19.1 Å². The van der Waals surface area contributed by atoms with Crippen LogP contribution >= 0.6 is 0 Å². The van der Waals surface area contributed by atoms with E-state index in [4.69, 9.17) is 9.47 Å². The summed E-state index contributed by atoms with van der Waals surface area (Å²) in [5, 5.41) is 6.51. The maximum absolute atomic E-state index is 12.3. The minimum Gasteiger partial charge on any atom is -0.465 e. The number of esters is 2. The maximum Gasteiger partial charge on any atom is 0.323 e. The van der Waals surface area contributed by atoms with Gasteiger partial charge in [0.25, 0.3) is 0 Å². The Morgan fingerprint density at radius 3 is 1.40 bits per heavy atom. The quantitative estimate of drug-likeness (QED) is 0.389. The summed E-state index contributed by atoms with van der Waals surface area (Å²) < 4.78 is 10.4. The molecule has 0 aliphatic heterocycles. The Balaban J connectivity index is 1.90. The van der Waals surface area contributed by atoms with Crippen molar-refractivity contribution in [1.29, 1.82) is 0 Å². The number of hydrogen-bond donors (Lipinski definition) is 2. The molecular formula is C24H32N2O4. The topological polar surface area (TPSA) is 76.7 Å². The average Bonchev–Trinajstić information content (AvgIpc) is 2.76. The van der Waals surface area contributed by atoms with Crippen LogP contribution in [0.1, 0.15) is 25.0 Å². The van der Waals surface area contributed by atoms with Crippen molar-refractivity contribution in [3.63, 3.8) is 0 Å². The lowest BCUT2D eigenvalue weighted by atomic mass is 10.1. The first-order valence-electron chi connectivity index (χ1n) is 10.5. The molecule has 30 heavy (non-hydrogen) atoms. The lowest BCUT2D eigenvalue weighted by molar-refractivity contribution is -0.146. The van der Waals surface area contributed by atoms with Crippen LogP contribution in [0.2, 0.25) is 0 Å². The zero-order valence-electron chi connectivity index (χ0n) is 17.8. The number of hydrogen-bond acceptors (Lipinski definition) is 6. The number of rotatable bonds is 13. The van der Waals surface area contributed by atoms with Crippen LogP contribution in [0.4, 0.5) is 0 Å². The first kappa shape index (κ1) is 23.6. The smallest absolute Gasteiger partial charge is 0.323 e. The molecule has 2 atom stereocenters. The third kappa shape index (κ3) is 8.35. The normalized spacial score (nSPS) is 12.7. The number of carbonyl (C=O) groups is 2. The third-order valence-corrected chi connectivity index (χ3v) is 4.61. The molecule has 0 unspecified atom stereocenters. The van der Waals surface area contributed by atoms with E-state index in [-0.39, 0.29) is 11.9 Å². The average molecular weight is 413 g/mol. The molecule has 0 amide bonds. The van der Waals surface area contributed by atoms with E-state index in [1.807, 2.05) is 60.7 Å². The summed E-state index contributed by atoms with van der Waals surface area (Å²) in [5.74, 6) is -0.542. The highest BCUT2D eigenvalue weighted by Gasteiger charge is 2.22. The predicted octanol–water partition coefficient (Wildman–Crippen LogP) is 2.51. The van der Waals surface area contributed by atoms with E-state index in [0.29, 0.717) is 39.1 Å². The lowest BCUT2D eigenvalue weighted by Crippen LogP contribution is -2.46. The largest absolute Gasteiger partial charge is 0.465 e. The fraction of sp³-hybridized carbons (Fsp3) is 0.417. The third-order valence-electron chi connectivity index (χ3n) is 4.61. The minimum absolute atomic E-state index is 0.271. The number of benzene rings is 2. The van der Waals surface area contributed by atoms with Crippen LogP contribution in [-0.2, 0) is 31.9 Å². The van der Waals surface area contributed by atoms with Crippen LogP contribution in [0.5, 0.6) is 0 Å². The molecule has 162 valence electrons. The summed E-state index contributed by atoms with van der Waals surface area (Å²) in [6.45, 7) is 5.30. The molecule has 0 bridgehead atoms. The number of carbonyl (C=O) groups excluding carboxylic acids is 2. The molecule has 6 heteroatoms. The van der Waals surface area contributed by atoms with Crippen molar-refractivity contribution in [1.82, 2.24) is 10.6 Å². The van der Waals surface area contributed by atoms with Crippen LogP contribution in [0.15, 0.2) is 60.7 Å². The van der Waals surface area contributed by atoms with E-state index < -0.39 is 12.1 Å². The van der Waals surface area contributed by atoms with E-state index in [2.05, 4.69) is 10.6 Å². The van der Waals surface area contributed by atoms with Gasteiger partial charge < -0.3 is 20.1 Å². The number of nitrogens with one attached hydrogen (secondary N) is 2. The second kappa shape index (κ2) is 13.5. The molecule has 2 N–H and O–H groups in total. The molecule has 0 heterocycles. The van der Waals surface area contributed by atoms with Gasteiger partial charge in [-0.25, -0.2) is 0 Å². The van der Waals surface area contributed by atoms with Gasteiger partial charge in [0.05, 0.1) is 13.2 Å². The summed E-state index contributed by atoms with van der Waals surface area (Å²) in [7, 11) is 0. The first-order chi connectivity index (χ1) is 14.6. The van der Waals surface area contributed by atoms with Gasteiger partial charge in [0.15, 0.2) is 0 Å². The van der Waals surface area contributed by atoms with Gasteiger partial charge in [-0.05, 0) is 37.8 Å². The lowest BCUT2D eigenvalue weighted by Gasteiger charge is -2.20. The monoisotopic (exact) mass is 412 g/mol. The van der Waals surface area contributed by atoms with Crippen molar-refractivity contribution in [2.24, 2.45) is 0 Å². The first-order valence-corrected chi connectivity index (χ1v) is 10.5. The van der Waals surface area contributed by atoms with Crippen LogP contribution < -0.4 is 10.6 Å². The molecule has 0 fully saturated rings. The fourth-order valence-corrected chi connectivity index (χ4v) is 3.16. The van der Waals surface area contributed by atoms with Gasteiger partial charge in [-0.3, -0.25) is 9.59 Å². The Labute approximate surface area is 179 Å². The Hall–Kier alpha value is -2.70. The molecule has 0 saturated carbocycles. The Morgan fingerprint density at radius 1 is 0.700 bits per heavy atom. The summed E-state index contributed by atoms with van der Waals surface area (Å²) >= 11 is 0. The molecule has 2 aromatic rings. The maximum atomic E-state index is 12.3. The molecule has 6 nitrogen and oxygen atoms in total. The SMILES string of the molecule is CCOC(=O)[C@H](Cc1ccccc1)NCCN[C@@H](Cc1ccccc1)C(=O)OCC. The summed E-state index contributed by atoms with van der Waals surface area (Å²) in [5.41, 5.74) is 2.12. The zero-order chi connectivity index (χ0) is 21.6. The van der Waals surface area contributed by atoms with Crippen molar-refractivity contribution in [2.45, 2.75) is 38.8 Å². The molecule has 0 spiro atoms. The van der Waals surface area contributed by atoms with Gasteiger partial charge in [0.1, 0.15) is 12.1 Å². The predicted molar refractivity (Wildman–Crippen MR) is 117 cm³/mol. The molecular weight excluding hydrogens is 380 g/mol. The summed E-state index contributed by atoms with van der Waals surface area (Å²) in [6, 6.07) is 18.8. The van der Waals surface area contributed by atoms with Crippen molar-refractivity contribution >= 4 is 11.9 Å². The Bertz CT molecular complexity index is 687. The van der Waals surface area contributed by atoms with Gasteiger partial charge in [-0.15, -0.1) is 0 Å². The molecule has 0 saturated heterocycles. The van der Waals surface area contributed by atoms with E-state index in [9.17, 15) is 9.59 Å². The molecule has 2 rings (SSSR count). The van der Waals surface area contributed by atoms with Crippen LogP contribution in [0, 0.1) is 0 Å². The van der Waals surface area contributed by atoms with E-state index in [1.165, 1.54) is 0 Å². The van der Waals surface area contributed by atoms with E-state index in [1.54, 1.807) is 13.8 Å². The standard InChI is InChI=1S/C24H32N2O4/c1-3-29-23(27)21(17-19-11-7-5-8-12-19)25-15-16-26-22(24(28)30-4-2)18-20-13-9-6-10-14-20/h5-14,21-22,25-26H,3-4,15-18H2,1-2H3/t21-,22-/m0/s1. The molecule has 0 aromatic heterocycles. The summed E-state index contributed by atoms with van der Waals surface area (Å²) in [4.78, 5) is 24.7. The van der Waals surface area contributed by atoms with Crippen molar-refractivity contribution in [2.75, 3.05) is 26.3 Å². The Morgan fingerprint density at radius 2 is 1.07 bits per heavy atom. The minimum atomic E-state index is -0.440. The van der Waals surface area contributed by atoms with Gasteiger partial charge in [0.2, 0.25) is 0 Å². The molecule has 0 radical (unpaired) electrons. The molecule has 2 aromatic carbocycles. The van der Waals surface area contributed by atoms with Crippen LogP contribution in [0.3, 0.4) is 0 Å². The number of ether oxygens (including phenoxy) is 2. The van der Waals surface area contributed by atoms with Crippen LogP contribution in [-0.4, -0.2) is 50.3 Å². The highest BCUT2D eigenvalue weighted by atomic mass is 16.5. The van der Waals surface area contributed by atoms with Gasteiger partial charge >= 0.3 is 11.9 Å². The summed E-state index contributed by atoms with van der Waals surface area (Å²) in [6.07, 6.45) is 1.09. The van der Waals surface area contributed by atoms with E-state index in [0.717, 1.165) is 11.1 Å². The van der Waals surface area contributed by atoms with Gasteiger partial charge in [-0.2, -0.15) is 0 Å².